The van der Waals surface area contributed by atoms with Crippen molar-refractivity contribution in [1.29, 1.82) is 0 Å². The number of hydrogen-bond donors (Lipinski definition) is 1. The van der Waals surface area contributed by atoms with E-state index in [4.69, 9.17) is 10.5 Å². The van der Waals surface area contributed by atoms with Gasteiger partial charge in [0.2, 0.25) is 0 Å². The molecule has 0 aliphatic carbocycles. The fourth-order valence-electron chi connectivity index (χ4n) is 2.61. The highest BCUT2D eigenvalue weighted by Gasteiger charge is 2.26. The van der Waals surface area contributed by atoms with Crippen LogP contribution in [0.4, 0.5) is 4.39 Å². The van der Waals surface area contributed by atoms with Gasteiger partial charge in [-0.25, -0.2) is 4.39 Å². The summed E-state index contributed by atoms with van der Waals surface area (Å²) in [5.41, 5.74) is 6.88. The van der Waals surface area contributed by atoms with Crippen molar-refractivity contribution in [2.75, 3.05) is 13.2 Å². The molecule has 0 aromatic heterocycles. The number of ether oxygens (including phenoxy) is 1. The summed E-state index contributed by atoms with van der Waals surface area (Å²) >= 11 is 0. The Kier molecular flexibility index (Phi) is 4.91. The second-order valence-electron chi connectivity index (χ2n) is 5.23. The third kappa shape index (κ3) is 3.32. The molecule has 4 heteroatoms. The number of benzene rings is 1. The first-order valence-corrected chi connectivity index (χ1v) is 6.97. The Bertz CT molecular complexity index is 425. The standard InChI is InChI=1S/C15H23FN2O/c1-3-14-10-19-11(2)8-18(14)9-13-6-4-5-12(7-17)15(13)16/h4-6,11,14H,3,7-10,17H2,1-2H3. The lowest BCUT2D eigenvalue weighted by Crippen LogP contribution is -2.48. The summed E-state index contributed by atoms with van der Waals surface area (Å²) in [6.45, 7) is 6.66. The fourth-order valence-corrected chi connectivity index (χ4v) is 2.61. The van der Waals surface area contributed by atoms with Crippen molar-refractivity contribution in [2.24, 2.45) is 5.73 Å². The Hall–Kier alpha value is -0.970. The molecule has 1 aromatic rings. The molecule has 2 N–H and O–H groups in total. The van der Waals surface area contributed by atoms with Gasteiger partial charge in [-0.15, -0.1) is 0 Å². The van der Waals surface area contributed by atoms with Crippen LogP contribution in [0, 0.1) is 5.82 Å². The first-order valence-electron chi connectivity index (χ1n) is 6.97. The van der Waals surface area contributed by atoms with Crippen LogP contribution in [0.15, 0.2) is 18.2 Å². The van der Waals surface area contributed by atoms with Gasteiger partial charge in [-0.1, -0.05) is 25.1 Å². The number of morpholine rings is 1. The minimum atomic E-state index is -0.154. The van der Waals surface area contributed by atoms with E-state index in [0.29, 0.717) is 18.2 Å². The van der Waals surface area contributed by atoms with Crippen molar-refractivity contribution >= 4 is 0 Å². The number of rotatable bonds is 4. The predicted octanol–water partition coefficient (Wildman–Crippen LogP) is 2.28. The van der Waals surface area contributed by atoms with Crippen LogP contribution in [-0.2, 0) is 17.8 Å². The van der Waals surface area contributed by atoms with Gasteiger partial charge in [0.1, 0.15) is 5.82 Å². The third-order valence-electron chi connectivity index (χ3n) is 3.80. The van der Waals surface area contributed by atoms with E-state index in [9.17, 15) is 4.39 Å². The molecule has 1 aliphatic heterocycles. The van der Waals surface area contributed by atoms with Crippen LogP contribution in [0.5, 0.6) is 0 Å². The zero-order valence-corrected chi connectivity index (χ0v) is 11.7. The van der Waals surface area contributed by atoms with E-state index in [0.717, 1.165) is 25.1 Å². The van der Waals surface area contributed by atoms with E-state index >= 15 is 0 Å². The molecule has 2 atom stereocenters. The van der Waals surface area contributed by atoms with Crippen molar-refractivity contribution in [3.05, 3.63) is 35.1 Å². The molecular formula is C15H23FN2O. The topological polar surface area (TPSA) is 38.5 Å². The van der Waals surface area contributed by atoms with Crippen molar-refractivity contribution < 1.29 is 9.13 Å². The minimum absolute atomic E-state index is 0.154. The van der Waals surface area contributed by atoms with Crippen LogP contribution in [0.25, 0.3) is 0 Å². The predicted molar refractivity (Wildman–Crippen MR) is 74.2 cm³/mol. The fraction of sp³-hybridized carbons (Fsp3) is 0.600. The summed E-state index contributed by atoms with van der Waals surface area (Å²) in [5.74, 6) is -0.154. The van der Waals surface area contributed by atoms with Crippen molar-refractivity contribution in [3.63, 3.8) is 0 Å². The van der Waals surface area contributed by atoms with E-state index in [1.165, 1.54) is 0 Å². The summed E-state index contributed by atoms with van der Waals surface area (Å²) in [6, 6.07) is 5.85. The molecule has 0 saturated carbocycles. The van der Waals surface area contributed by atoms with Crippen LogP contribution in [-0.4, -0.2) is 30.2 Å². The van der Waals surface area contributed by atoms with E-state index in [2.05, 4.69) is 18.7 Å². The van der Waals surface area contributed by atoms with E-state index in [1.807, 2.05) is 12.1 Å². The molecule has 2 unspecified atom stereocenters. The van der Waals surface area contributed by atoms with Crippen LogP contribution >= 0.6 is 0 Å². The molecule has 19 heavy (non-hydrogen) atoms. The first-order chi connectivity index (χ1) is 9.15. The number of halogens is 1. The maximum absolute atomic E-state index is 14.2. The molecule has 2 rings (SSSR count). The first kappa shape index (κ1) is 14.4. The van der Waals surface area contributed by atoms with E-state index < -0.39 is 0 Å². The summed E-state index contributed by atoms with van der Waals surface area (Å²) < 4.78 is 19.9. The number of nitrogens with zero attached hydrogens (tertiary/aromatic N) is 1. The molecule has 0 amide bonds. The van der Waals surface area contributed by atoms with Gasteiger partial charge in [-0.3, -0.25) is 4.90 Å². The Balaban J connectivity index is 2.14. The quantitative estimate of drug-likeness (QED) is 0.908. The van der Waals surface area contributed by atoms with Gasteiger partial charge in [0.25, 0.3) is 0 Å². The Morgan fingerprint density at radius 1 is 1.42 bits per heavy atom. The van der Waals surface area contributed by atoms with Gasteiger partial charge in [-0.2, -0.15) is 0 Å². The Morgan fingerprint density at radius 2 is 2.16 bits per heavy atom. The van der Waals surface area contributed by atoms with Crippen molar-refractivity contribution in [3.8, 4) is 0 Å². The maximum atomic E-state index is 14.2. The summed E-state index contributed by atoms with van der Waals surface area (Å²) in [4.78, 5) is 2.31. The summed E-state index contributed by atoms with van der Waals surface area (Å²) in [5, 5.41) is 0. The zero-order chi connectivity index (χ0) is 13.8. The lowest BCUT2D eigenvalue weighted by Gasteiger charge is -2.38. The van der Waals surface area contributed by atoms with Crippen LogP contribution < -0.4 is 5.73 Å². The van der Waals surface area contributed by atoms with Gasteiger partial charge in [0.05, 0.1) is 12.7 Å². The molecular weight excluding hydrogens is 243 g/mol. The molecule has 3 nitrogen and oxygen atoms in total. The number of nitrogens with two attached hydrogens (primary N) is 1. The zero-order valence-electron chi connectivity index (χ0n) is 11.7. The average Bonchev–Trinajstić information content (AvgIpc) is 2.41. The van der Waals surface area contributed by atoms with Crippen molar-refractivity contribution in [1.82, 2.24) is 4.90 Å². The van der Waals surface area contributed by atoms with Crippen LogP contribution in [0.3, 0.4) is 0 Å². The molecule has 1 aliphatic rings. The monoisotopic (exact) mass is 266 g/mol. The number of hydrogen-bond acceptors (Lipinski definition) is 3. The largest absolute Gasteiger partial charge is 0.376 e. The lowest BCUT2D eigenvalue weighted by molar-refractivity contribution is -0.0595. The normalized spacial score (nSPS) is 24.6. The van der Waals surface area contributed by atoms with Gasteiger partial charge >= 0.3 is 0 Å². The SMILES string of the molecule is CCC1COC(C)CN1Cc1cccc(CN)c1F. The smallest absolute Gasteiger partial charge is 0.132 e. The molecule has 0 bridgehead atoms. The third-order valence-corrected chi connectivity index (χ3v) is 3.80. The van der Waals surface area contributed by atoms with Gasteiger partial charge in [-0.05, 0) is 13.3 Å². The summed E-state index contributed by atoms with van der Waals surface area (Å²) in [6.07, 6.45) is 1.23. The van der Waals surface area contributed by atoms with Gasteiger partial charge in [0, 0.05) is 36.8 Å². The highest BCUT2D eigenvalue weighted by Crippen LogP contribution is 2.20. The van der Waals surface area contributed by atoms with Gasteiger partial charge < -0.3 is 10.5 Å². The Morgan fingerprint density at radius 3 is 2.84 bits per heavy atom. The van der Waals surface area contributed by atoms with Crippen molar-refractivity contribution in [2.45, 2.75) is 45.5 Å². The van der Waals surface area contributed by atoms with E-state index in [1.54, 1.807) is 6.07 Å². The van der Waals surface area contributed by atoms with Crippen LogP contribution in [0.2, 0.25) is 0 Å². The summed E-state index contributed by atoms with van der Waals surface area (Å²) in [7, 11) is 0. The Labute approximate surface area is 114 Å². The lowest BCUT2D eigenvalue weighted by atomic mass is 10.1. The average molecular weight is 266 g/mol. The minimum Gasteiger partial charge on any atom is -0.376 e. The molecule has 1 saturated heterocycles. The molecule has 1 aromatic carbocycles. The highest BCUT2D eigenvalue weighted by molar-refractivity contribution is 5.26. The second-order valence-corrected chi connectivity index (χ2v) is 5.23. The second kappa shape index (κ2) is 6.46. The van der Waals surface area contributed by atoms with Crippen LogP contribution in [0.1, 0.15) is 31.4 Å². The van der Waals surface area contributed by atoms with Gasteiger partial charge in [0.15, 0.2) is 0 Å². The molecule has 0 spiro atoms. The molecule has 1 heterocycles. The maximum Gasteiger partial charge on any atom is 0.132 e. The molecule has 106 valence electrons. The highest BCUT2D eigenvalue weighted by atomic mass is 19.1. The van der Waals surface area contributed by atoms with E-state index in [-0.39, 0.29) is 18.5 Å². The molecule has 0 radical (unpaired) electrons. The molecule has 1 fully saturated rings.